The van der Waals surface area contributed by atoms with Gasteiger partial charge in [0.25, 0.3) is 0 Å². The zero-order valence-corrected chi connectivity index (χ0v) is 15.6. The molecule has 1 aromatic carbocycles. The molecule has 0 aliphatic carbocycles. The first-order valence-corrected chi connectivity index (χ1v) is 9.25. The Hall–Kier alpha value is -2.50. The normalized spacial score (nSPS) is 12.0. The van der Waals surface area contributed by atoms with Gasteiger partial charge in [0.05, 0.1) is 18.2 Å². The van der Waals surface area contributed by atoms with E-state index < -0.39 is 22.5 Å². The highest BCUT2D eigenvalue weighted by Crippen LogP contribution is 2.32. The summed E-state index contributed by atoms with van der Waals surface area (Å²) in [7, 11) is -2.79. The maximum absolute atomic E-state index is 12.7. The molecule has 12 heteroatoms. The van der Waals surface area contributed by atoms with E-state index in [0.717, 1.165) is 0 Å². The molecule has 0 amide bonds. The van der Waals surface area contributed by atoms with Crippen LogP contribution in [0.1, 0.15) is 5.56 Å². The second kappa shape index (κ2) is 6.91. The van der Waals surface area contributed by atoms with E-state index in [1.54, 1.807) is 0 Å². The number of nitrogens with zero attached hydrogens (tertiary/aromatic N) is 3. The lowest BCUT2D eigenvalue weighted by atomic mass is 10.2. The van der Waals surface area contributed by atoms with Gasteiger partial charge in [-0.1, -0.05) is 11.6 Å². The summed E-state index contributed by atoms with van der Waals surface area (Å²) in [6.45, 7) is -1.67. The predicted molar refractivity (Wildman–Crippen MR) is 93.2 cm³/mol. The van der Waals surface area contributed by atoms with Gasteiger partial charge in [-0.2, -0.15) is 18.7 Å². The molecule has 0 saturated heterocycles. The Balaban J connectivity index is 2.34. The monoisotopic (exact) mass is 418 g/mol. The molecule has 144 valence electrons. The molecule has 27 heavy (non-hydrogen) atoms. The third-order valence-electron chi connectivity index (χ3n) is 3.69. The van der Waals surface area contributed by atoms with Gasteiger partial charge in [0.2, 0.25) is 27.7 Å². The Labute approximate surface area is 157 Å². The molecule has 2 N–H and O–H groups in total. The van der Waals surface area contributed by atoms with Crippen LogP contribution in [0.5, 0.6) is 11.8 Å². The lowest BCUT2D eigenvalue weighted by Crippen LogP contribution is -2.12. The Bertz CT molecular complexity index is 1130. The number of halogens is 3. The van der Waals surface area contributed by atoms with Crippen molar-refractivity contribution in [1.29, 1.82) is 0 Å². The molecule has 0 aliphatic rings. The first-order valence-electron chi connectivity index (χ1n) is 7.33. The SMILES string of the molecule is COc1nc(-n2cc(S(N)(=O)=O)c3ccc(Cl)cc32)nc(OC(F)F)c1C. The number of fused-ring (bicyclic) bond motifs is 1. The van der Waals surface area contributed by atoms with Gasteiger partial charge in [0.15, 0.2) is 0 Å². The molecule has 0 atom stereocenters. The third-order valence-corrected chi connectivity index (χ3v) is 4.87. The standard InChI is InChI=1S/C15H13ClF2N4O4S/c1-7-12(25-2)20-15(21-13(7)26-14(17)18)22-6-11(27(19,23)24)9-4-3-8(16)5-10(9)22/h3-6,14H,1-2H3,(H2,19,23,24). The number of benzene rings is 1. The topological polar surface area (TPSA) is 109 Å². The van der Waals surface area contributed by atoms with Crippen LogP contribution < -0.4 is 14.6 Å². The number of aromatic nitrogens is 3. The molecule has 0 spiro atoms. The van der Waals surface area contributed by atoms with E-state index >= 15 is 0 Å². The fourth-order valence-electron chi connectivity index (χ4n) is 2.53. The van der Waals surface area contributed by atoms with Gasteiger partial charge in [-0.05, 0) is 25.1 Å². The van der Waals surface area contributed by atoms with Crippen molar-refractivity contribution in [1.82, 2.24) is 14.5 Å². The van der Waals surface area contributed by atoms with Crippen molar-refractivity contribution in [3.8, 4) is 17.7 Å². The average Bonchev–Trinajstić information content (AvgIpc) is 2.95. The Morgan fingerprint density at radius 3 is 2.52 bits per heavy atom. The van der Waals surface area contributed by atoms with Crippen LogP contribution in [0.25, 0.3) is 16.9 Å². The van der Waals surface area contributed by atoms with Crippen LogP contribution in [0.15, 0.2) is 29.3 Å². The van der Waals surface area contributed by atoms with Crippen molar-refractivity contribution in [3.63, 3.8) is 0 Å². The van der Waals surface area contributed by atoms with Crippen molar-refractivity contribution in [3.05, 3.63) is 35.0 Å². The van der Waals surface area contributed by atoms with E-state index in [2.05, 4.69) is 14.7 Å². The van der Waals surface area contributed by atoms with Crippen molar-refractivity contribution < 1.29 is 26.7 Å². The number of hydrogen-bond acceptors (Lipinski definition) is 6. The number of hydrogen-bond donors (Lipinski definition) is 1. The van der Waals surface area contributed by atoms with Crippen LogP contribution in [-0.2, 0) is 10.0 Å². The summed E-state index contributed by atoms with van der Waals surface area (Å²) < 4.78 is 59.9. The summed E-state index contributed by atoms with van der Waals surface area (Å²) in [5.74, 6) is -0.583. The van der Waals surface area contributed by atoms with Gasteiger partial charge in [-0.3, -0.25) is 4.57 Å². The smallest absolute Gasteiger partial charge is 0.388 e. The number of sulfonamides is 1. The minimum absolute atomic E-state index is 0.0170. The van der Waals surface area contributed by atoms with E-state index in [9.17, 15) is 17.2 Å². The summed E-state index contributed by atoms with van der Waals surface area (Å²) in [4.78, 5) is 7.89. The number of alkyl halides is 2. The highest BCUT2D eigenvalue weighted by molar-refractivity contribution is 7.89. The molecule has 0 aliphatic heterocycles. The lowest BCUT2D eigenvalue weighted by molar-refractivity contribution is -0.0535. The molecule has 3 rings (SSSR count). The summed E-state index contributed by atoms with van der Waals surface area (Å²) in [6.07, 6.45) is 1.17. The minimum Gasteiger partial charge on any atom is -0.481 e. The first kappa shape index (κ1) is 19.3. The second-order valence-electron chi connectivity index (χ2n) is 5.41. The van der Waals surface area contributed by atoms with Gasteiger partial charge in [0, 0.05) is 16.6 Å². The average molecular weight is 419 g/mol. The molecule has 0 fully saturated rings. The van der Waals surface area contributed by atoms with E-state index in [0.29, 0.717) is 10.5 Å². The van der Waals surface area contributed by atoms with Gasteiger partial charge >= 0.3 is 6.61 Å². The number of nitrogens with two attached hydrogens (primary N) is 1. The van der Waals surface area contributed by atoms with Crippen LogP contribution in [0.3, 0.4) is 0 Å². The lowest BCUT2D eigenvalue weighted by Gasteiger charge is -2.12. The molecule has 0 saturated carbocycles. The van der Waals surface area contributed by atoms with Gasteiger partial charge in [-0.15, -0.1) is 0 Å². The maximum atomic E-state index is 12.7. The molecular formula is C15H13ClF2N4O4S. The van der Waals surface area contributed by atoms with Gasteiger partial charge in [-0.25, -0.2) is 13.6 Å². The van der Waals surface area contributed by atoms with E-state index in [1.807, 2.05) is 0 Å². The zero-order valence-electron chi connectivity index (χ0n) is 14.0. The minimum atomic E-state index is -4.08. The number of primary sulfonamides is 1. The number of ether oxygens (including phenoxy) is 2. The van der Waals surface area contributed by atoms with Crippen LogP contribution in [0.2, 0.25) is 5.02 Å². The van der Waals surface area contributed by atoms with Crippen molar-refractivity contribution in [2.45, 2.75) is 18.4 Å². The van der Waals surface area contributed by atoms with Crippen molar-refractivity contribution >= 4 is 32.5 Å². The molecule has 3 aromatic rings. The Morgan fingerprint density at radius 1 is 1.26 bits per heavy atom. The van der Waals surface area contributed by atoms with Crippen LogP contribution >= 0.6 is 11.6 Å². The summed E-state index contributed by atoms with van der Waals surface area (Å²) in [6, 6.07) is 4.43. The van der Waals surface area contributed by atoms with Crippen LogP contribution in [0, 0.1) is 6.92 Å². The Kier molecular flexibility index (Phi) is 4.93. The van der Waals surface area contributed by atoms with E-state index in [1.165, 1.54) is 43.0 Å². The number of rotatable bonds is 5. The second-order valence-corrected chi connectivity index (χ2v) is 7.38. The van der Waals surface area contributed by atoms with E-state index in [-0.39, 0.29) is 27.7 Å². The molecular weight excluding hydrogens is 406 g/mol. The summed E-state index contributed by atoms with van der Waals surface area (Å²) >= 11 is 6.00. The highest BCUT2D eigenvalue weighted by Gasteiger charge is 2.22. The van der Waals surface area contributed by atoms with Gasteiger partial charge < -0.3 is 9.47 Å². The fourth-order valence-corrected chi connectivity index (χ4v) is 3.43. The molecule has 0 radical (unpaired) electrons. The fraction of sp³-hybridized carbons (Fsp3) is 0.200. The molecule has 2 aromatic heterocycles. The van der Waals surface area contributed by atoms with Crippen LogP contribution in [0.4, 0.5) is 8.78 Å². The van der Waals surface area contributed by atoms with Crippen LogP contribution in [-0.4, -0.2) is 36.7 Å². The number of methoxy groups -OCH3 is 1. The highest BCUT2D eigenvalue weighted by atomic mass is 35.5. The Morgan fingerprint density at radius 2 is 1.93 bits per heavy atom. The molecule has 0 unspecified atom stereocenters. The quantitative estimate of drug-likeness (QED) is 0.682. The first-order chi connectivity index (χ1) is 12.6. The summed E-state index contributed by atoms with van der Waals surface area (Å²) in [5, 5.41) is 5.84. The van der Waals surface area contributed by atoms with Gasteiger partial charge in [0.1, 0.15) is 4.90 Å². The molecule has 0 bridgehead atoms. The zero-order chi connectivity index (χ0) is 19.9. The molecule has 8 nitrogen and oxygen atoms in total. The van der Waals surface area contributed by atoms with E-state index in [4.69, 9.17) is 21.5 Å². The predicted octanol–water partition coefficient (Wildman–Crippen LogP) is 2.64. The van der Waals surface area contributed by atoms with Crippen molar-refractivity contribution in [2.24, 2.45) is 5.14 Å². The maximum Gasteiger partial charge on any atom is 0.388 e. The molecule has 2 heterocycles. The third kappa shape index (κ3) is 3.66. The van der Waals surface area contributed by atoms with Crippen molar-refractivity contribution in [2.75, 3.05) is 7.11 Å². The summed E-state index contributed by atoms with van der Waals surface area (Å²) in [5.41, 5.74) is 0.461. The largest absolute Gasteiger partial charge is 0.481 e.